The average Bonchev–Trinajstić information content (AvgIpc) is 2.66. The number of carboxylic acid groups (broad SMARTS) is 1. The fourth-order valence-electron chi connectivity index (χ4n) is 2.92. The van der Waals surface area contributed by atoms with E-state index in [1.165, 1.54) is 30.9 Å². The summed E-state index contributed by atoms with van der Waals surface area (Å²) in [5, 5.41) is 19.7. The Labute approximate surface area is 154 Å². The number of ether oxygens (including phenoxy) is 2. The van der Waals surface area contributed by atoms with Crippen molar-refractivity contribution in [1.29, 1.82) is 0 Å². The molecule has 7 nitrogen and oxygen atoms in total. The molecule has 0 saturated heterocycles. The first-order chi connectivity index (χ1) is 13.0. The standard InChI is InChI=1S/C20H17NO6/c1-26-13-8-6-12(7-9-13)21-15(10-11-17(23)24)19(27-2)14-4-3-5-16(22)18(14)20(21)25/h3-11,22H,1-2H3,(H,23,24). The molecule has 27 heavy (non-hydrogen) atoms. The van der Waals surface area contributed by atoms with Crippen LogP contribution >= 0.6 is 0 Å². The summed E-state index contributed by atoms with van der Waals surface area (Å²) < 4.78 is 11.9. The monoisotopic (exact) mass is 367 g/mol. The number of fused-ring (bicyclic) bond motifs is 1. The number of benzene rings is 2. The van der Waals surface area contributed by atoms with E-state index >= 15 is 0 Å². The van der Waals surface area contributed by atoms with E-state index in [1.54, 1.807) is 36.4 Å². The lowest BCUT2D eigenvalue weighted by molar-refractivity contribution is -0.131. The van der Waals surface area contributed by atoms with Crippen molar-refractivity contribution in [3.63, 3.8) is 0 Å². The summed E-state index contributed by atoms with van der Waals surface area (Å²) in [4.78, 5) is 24.2. The van der Waals surface area contributed by atoms with E-state index < -0.39 is 11.5 Å². The number of hydrogen-bond acceptors (Lipinski definition) is 5. The molecular weight excluding hydrogens is 350 g/mol. The molecule has 0 radical (unpaired) electrons. The first kappa shape index (κ1) is 18.1. The highest BCUT2D eigenvalue weighted by Gasteiger charge is 2.19. The fourth-order valence-corrected chi connectivity index (χ4v) is 2.92. The first-order valence-corrected chi connectivity index (χ1v) is 7.98. The third-order valence-electron chi connectivity index (χ3n) is 4.10. The summed E-state index contributed by atoms with van der Waals surface area (Å²) in [6.45, 7) is 0. The van der Waals surface area contributed by atoms with E-state index in [9.17, 15) is 14.7 Å². The van der Waals surface area contributed by atoms with Gasteiger partial charge in [0.15, 0.2) is 5.75 Å². The van der Waals surface area contributed by atoms with Crippen LogP contribution in [0.5, 0.6) is 17.2 Å². The molecule has 0 fully saturated rings. The molecule has 2 aromatic carbocycles. The molecule has 0 bridgehead atoms. The average molecular weight is 367 g/mol. The van der Waals surface area contributed by atoms with Crippen molar-refractivity contribution in [2.75, 3.05) is 14.2 Å². The summed E-state index contributed by atoms with van der Waals surface area (Å²) in [5.41, 5.74) is 0.210. The number of phenols is 1. The van der Waals surface area contributed by atoms with E-state index in [0.717, 1.165) is 6.08 Å². The maximum Gasteiger partial charge on any atom is 0.328 e. The SMILES string of the molecule is COc1ccc(-n2c(C=CC(=O)O)c(OC)c3cccc(O)c3c2=O)cc1. The van der Waals surface area contributed by atoms with E-state index in [2.05, 4.69) is 0 Å². The van der Waals surface area contributed by atoms with Crippen molar-refractivity contribution in [3.05, 3.63) is 64.6 Å². The number of phenolic OH excluding ortho intramolecular Hbond substituents is 1. The summed E-state index contributed by atoms with van der Waals surface area (Å²) in [5.74, 6) is -0.479. The Hall–Kier alpha value is -3.74. The van der Waals surface area contributed by atoms with Gasteiger partial charge in [-0.15, -0.1) is 0 Å². The Kier molecular flexibility index (Phi) is 4.85. The summed E-state index contributed by atoms with van der Waals surface area (Å²) >= 11 is 0. The van der Waals surface area contributed by atoms with Gasteiger partial charge in [0.1, 0.15) is 11.5 Å². The molecule has 0 unspecified atom stereocenters. The zero-order chi connectivity index (χ0) is 19.6. The van der Waals surface area contributed by atoms with Gasteiger partial charge in [-0.3, -0.25) is 9.36 Å². The number of rotatable bonds is 5. The molecule has 0 aliphatic carbocycles. The number of pyridine rings is 1. The lowest BCUT2D eigenvalue weighted by Crippen LogP contribution is -2.22. The Morgan fingerprint density at radius 3 is 2.37 bits per heavy atom. The normalized spacial score (nSPS) is 11.0. The second-order valence-electron chi connectivity index (χ2n) is 5.63. The molecule has 3 rings (SSSR count). The Bertz CT molecular complexity index is 1100. The maximum atomic E-state index is 13.2. The molecule has 0 saturated carbocycles. The highest BCUT2D eigenvalue weighted by atomic mass is 16.5. The number of carboxylic acids is 1. The molecule has 3 aromatic rings. The minimum atomic E-state index is -1.17. The minimum absolute atomic E-state index is 0.0812. The van der Waals surface area contributed by atoms with Gasteiger partial charge in [-0.05, 0) is 36.4 Å². The molecule has 1 heterocycles. The number of carbonyl (C=O) groups is 1. The van der Waals surface area contributed by atoms with Gasteiger partial charge in [0.2, 0.25) is 0 Å². The van der Waals surface area contributed by atoms with Gasteiger partial charge in [0.05, 0.1) is 25.3 Å². The van der Waals surface area contributed by atoms with Crippen LogP contribution < -0.4 is 15.0 Å². The van der Waals surface area contributed by atoms with Crippen LogP contribution in [0.25, 0.3) is 22.5 Å². The second-order valence-corrected chi connectivity index (χ2v) is 5.63. The van der Waals surface area contributed by atoms with Gasteiger partial charge in [-0.25, -0.2) is 4.79 Å². The van der Waals surface area contributed by atoms with E-state index in [-0.39, 0.29) is 22.6 Å². The lowest BCUT2D eigenvalue weighted by atomic mass is 10.1. The van der Waals surface area contributed by atoms with E-state index in [1.807, 2.05) is 0 Å². The summed E-state index contributed by atoms with van der Waals surface area (Å²) in [6, 6.07) is 11.3. The van der Waals surface area contributed by atoms with Crippen LogP contribution in [0.15, 0.2) is 53.3 Å². The molecule has 0 aliphatic rings. The molecule has 0 atom stereocenters. The molecule has 0 aliphatic heterocycles. The third-order valence-corrected chi connectivity index (χ3v) is 4.10. The topological polar surface area (TPSA) is 98.0 Å². The van der Waals surface area contributed by atoms with Crippen LogP contribution in [-0.4, -0.2) is 35.0 Å². The Balaban J connectivity index is 2.46. The van der Waals surface area contributed by atoms with E-state index in [4.69, 9.17) is 14.6 Å². The third kappa shape index (κ3) is 3.22. The van der Waals surface area contributed by atoms with Gasteiger partial charge in [0.25, 0.3) is 5.56 Å². The lowest BCUT2D eigenvalue weighted by Gasteiger charge is -2.17. The number of methoxy groups -OCH3 is 2. The molecule has 7 heteroatoms. The molecule has 0 spiro atoms. The second kappa shape index (κ2) is 7.25. The maximum absolute atomic E-state index is 13.2. The zero-order valence-electron chi connectivity index (χ0n) is 14.7. The van der Waals surface area contributed by atoms with Crippen LogP contribution in [0, 0.1) is 0 Å². The van der Waals surface area contributed by atoms with Gasteiger partial charge in [0, 0.05) is 17.1 Å². The number of aromatic hydroxyl groups is 1. The number of hydrogen-bond donors (Lipinski definition) is 2. The minimum Gasteiger partial charge on any atom is -0.507 e. The molecule has 2 N–H and O–H groups in total. The quantitative estimate of drug-likeness (QED) is 0.673. The zero-order valence-corrected chi connectivity index (χ0v) is 14.7. The van der Waals surface area contributed by atoms with Gasteiger partial charge in [-0.1, -0.05) is 12.1 Å². The Morgan fingerprint density at radius 2 is 1.78 bits per heavy atom. The van der Waals surface area contributed by atoms with Gasteiger partial charge < -0.3 is 19.7 Å². The van der Waals surface area contributed by atoms with Gasteiger partial charge in [-0.2, -0.15) is 0 Å². The van der Waals surface area contributed by atoms with Crippen LogP contribution in [0.3, 0.4) is 0 Å². The van der Waals surface area contributed by atoms with Crippen LogP contribution in [0.2, 0.25) is 0 Å². The molecule has 138 valence electrons. The van der Waals surface area contributed by atoms with Crippen molar-refractivity contribution in [2.24, 2.45) is 0 Å². The van der Waals surface area contributed by atoms with Crippen molar-refractivity contribution >= 4 is 22.8 Å². The summed E-state index contributed by atoms with van der Waals surface area (Å²) in [6.07, 6.45) is 2.21. The predicted octanol–water partition coefficient (Wildman–Crippen LogP) is 2.81. The smallest absolute Gasteiger partial charge is 0.328 e. The van der Waals surface area contributed by atoms with Crippen LogP contribution in [0.4, 0.5) is 0 Å². The van der Waals surface area contributed by atoms with Crippen molar-refractivity contribution < 1.29 is 24.5 Å². The number of aliphatic carboxylic acids is 1. The van der Waals surface area contributed by atoms with Gasteiger partial charge >= 0.3 is 5.97 Å². The first-order valence-electron chi connectivity index (χ1n) is 7.98. The van der Waals surface area contributed by atoms with Crippen molar-refractivity contribution in [2.45, 2.75) is 0 Å². The molecular formula is C20H17NO6. The summed E-state index contributed by atoms with van der Waals surface area (Å²) in [7, 11) is 2.94. The molecule has 0 amide bonds. The fraction of sp³-hybridized carbons (Fsp3) is 0.100. The molecule has 1 aromatic heterocycles. The van der Waals surface area contributed by atoms with Crippen molar-refractivity contribution in [3.8, 4) is 22.9 Å². The highest BCUT2D eigenvalue weighted by molar-refractivity contribution is 5.96. The van der Waals surface area contributed by atoms with Crippen LogP contribution in [0.1, 0.15) is 5.69 Å². The number of aromatic nitrogens is 1. The van der Waals surface area contributed by atoms with E-state index in [0.29, 0.717) is 16.8 Å². The largest absolute Gasteiger partial charge is 0.507 e. The van der Waals surface area contributed by atoms with Crippen molar-refractivity contribution in [1.82, 2.24) is 4.57 Å². The number of nitrogens with zero attached hydrogens (tertiary/aromatic N) is 1. The predicted molar refractivity (Wildman–Crippen MR) is 101 cm³/mol. The van der Waals surface area contributed by atoms with Crippen LogP contribution in [-0.2, 0) is 4.79 Å². The Morgan fingerprint density at radius 1 is 1.07 bits per heavy atom. The highest BCUT2D eigenvalue weighted by Crippen LogP contribution is 2.34.